The molecule has 3 N–H and O–H groups in total. The molecule has 0 bridgehead atoms. The van der Waals surface area contributed by atoms with Gasteiger partial charge in [-0.15, -0.1) is 0 Å². The van der Waals surface area contributed by atoms with E-state index in [-0.39, 0.29) is 17.2 Å². The third kappa shape index (κ3) is 2.36. The summed E-state index contributed by atoms with van der Waals surface area (Å²) in [6.07, 6.45) is 0. The summed E-state index contributed by atoms with van der Waals surface area (Å²) in [5.74, 6) is -1.40. The van der Waals surface area contributed by atoms with Gasteiger partial charge in [-0.05, 0) is 18.2 Å². The fourth-order valence-corrected chi connectivity index (χ4v) is 2.21. The molecule has 0 unspecified atom stereocenters. The summed E-state index contributed by atoms with van der Waals surface area (Å²) in [7, 11) is 0. The van der Waals surface area contributed by atoms with Crippen molar-refractivity contribution in [1.82, 2.24) is 4.98 Å². The van der Waals surface area contributed by atoms with Crippen LogP contribution >= 0.6 is 0 Å². The fourth-order valence-electron chi connectivity index (χ4n) is 2.21. The van der Waals surface area contributed by atoms with Gasteiger partial charge in [0.05, 0.1) is 11.3 Å². The molecule has 1 heterocycles. The highest BCUT2D eigenvalue weighted by atomic mass is 16.4. The van der Waals surface area contributed by atoms with E-state index in [4.69, 9.17) is 0 Å². The Hall–Kier alpha value is -3.08. The quantitative estimate of drug-likeness (QED) is 0.644. The molecule has 0 radical (unpaired) electrons. The number of hydrogen-bond acceptors (Lipinski definition) is 3. The average Bonchev–Trinajstić information content (AvgIpc) is 2.81. The van der Waals surface area contributed by atoms with Gasteiger partial charge in [-0.25, -0.2) is 9.79 Å². The lowest BCUT2D eigenvalue weighted by atomic mass is 10.1. The second-order valence-electron chi connectivity index (χ2n) is 4.50. The second kappa shape index (κ2) is 5.13. The van der Waals surface area contributed by atoms with Crippen LogP contribution in [-0.4, -0.2) is 26.9 Å². The number of nitrogens with one attached hydrogen (secondary N) is 1. The Morgan fingerprint density at radius 3 is 2.38 bits per heavy atom. The van der Waals surface area contributed by atoms with Gasteiger partial charge in [-0.1, -0.05) is 36.4 Å². The molecule has 0 aliphatic heterocycles. The van der Waals surface area contributed by atoms with E-state index < -0.39 is 5.97 Å². The van der Waals surface area contributed by atoms with Gasteiger partial charge in [0.15, 0.2) is 11.6 Å². The molecule has 21 heavy (non-hydrogen) atoms. The Kier molecular flexibility index (Phi) is 3.16. The van der Waals surface area contributed by atoms with Crippen LogP contribution in [0.25, 0.3) is 10.9 Å². The number of rotatable bonds is 3. The third-order valence-corrected chi connectivity index (χ3v) is 3.12. The van der Waals surface area contributed by atoms with Crippen molar-refractivity contribution in [3.63, 3.8) is 0 Å². The van der Waals surface area contributed by atoms with Crippen LogP contribution in [0.4, 0.5) is 5.69 Å². The molecule has 1 aromatic heterocycles. The predicted octanol–water partition coefficient (Wildman–Crippen LogP) is 3.08. The molecule has 0 atom stereocenters. The van der Waals surface area contributed by atoms with Gasteiger partial charge >= 0.3 is 5.97 Å². The standard InChI is InChI=1S/C16H12N2O3/c19-15-13(11-8-4-5-9-12(11)18-15)14(16(20)21)17-10-6-2-1-3-7-10/h1-9,18-19H,(H,20,21). The topological polar surface area (TPSA) is 85.7 Å². The molecule has 0 amide bonds. The lowest BCUT2D eigenvalue weighted by Crippen LogP contribution is -2.14. The van der Waals surface area contributed by atoms with E-state index in [0.29, 0.717) is 16.6 Å². The van der Waals surface area contributed by atoms with Crippen LogP contribution in [0, 0.1) is 0 Å². The minimum Gasteiger partial charge on any atom is -0.494 e. The third-order valence-electron chi connectivity index (χ3n) is 3.12. The smallest absolute Gasteiger partial charge is 0.355 e. The number of carboxylic acids is 1. The van der Waals surface area contributed by atoms with Crippen LogP contribution in [0.3, 0.4) is 0 Å². The van der Waals surface area contributed by atoms with Crippen LogP contribution in [0.5, 0.6) is 5.88 Å². The van der Waals surface area contributed by atoms with Crippen LogP contribution in [0.15, 0.2) is 59.6 Å². The monoisotopic (exact) mass is 280 g/mol. The number of carboxylic acid groups (broad SMARTS) is 1. The highest BCUT2D eigenvalue weighted by molar-refractivity contribution is 6.46. The zero-order valence-electron chi connectivity index (χ0n) is 10.9. The van der Waals surface area contributed by atoms with Crippen molar-refractivity contribution in [1.29, 1.82) is 0 Å². The van der Waals surface area contributed by atoms with Crippen molar-refractivity contribution in [2.24, 2.45) is 4.99 Å². The van der Waals surface area contributed by atoms with Crippen LogP contribution in [0.2, 0.25) is 0 Å². The van der Waals surface area contributed by atoms with E-state index in [1.54, 1.807) is 48.5 Å². The molecule has 5 heteroatoms. The van der Waals surface area contributed by atoms with Crippen molar-refractivity contribution in [2.45, 2.75) is 0 Å². The van der Waals surface area contributed by atoms with Crippen LogP contribution < -0.4 is 0 Å². The van der Waals surface area contributed by atoms with Gasteiger partial charge in [0, 0.05) is 10.9 Å². The van der Waals surface area contributed by atoms with Gasteiger partial charge in [0.1, 0.15) is 0 Å². The first-order valence-corrected chi connectivity index (χ1v) is 6.34. The summed E-state index contributed by atoms with van der Waals surface area (Å²) in [5.41, 5.74) is 1.17. The number of benzene rings is 2. The summed E-state index contributed by atoms with van der Waals surface area (Å²) in [5, 5.41) is 20.1. The second-order valence-corrected chi connectivity index (χ2v) is 4.50. The number of carbonyl (C=O) groups is 1. The molecule has 3 aromatic rings. The first-order valence-electron chi connectivity index (χ1n) is 6.34. The molecule has 0 aliphatic carbocycles. The van der Waals surface area contributed by atoms with Crippen molar-refractivity contribution < 1.29 is 15.0 Å². The van der Waals surface area contributed by atoms with Gasteiger partial charge < -0.3 is 15.2 Å². The zero-order valence-corrected chi connectivity index (χ0v) is 10.9. The van der Waals surface area contributed by atoms with Gasteiger partial charge in [0.2, 0.25) is 0 Å². The van der Waals surface area contributed by atoms with Crippen molar-refractivity contribution in [2.75, 3.05) is 0 Å². The molecule has 5 nitrogen and oxygen atoms in total. The number of aromatic nitrogens is 1. The maximum Gasteiger partial charge on any atom is 0.355 e. The summed E-state index contributed by atoms with van der Waals surface area (Å²) >= 11 is 0. The maximum absolute atomic E-state index is 11.5. The number of hydrogen-bond donors (Lipinski definition) is 3. The van der Waals surface area contributed by atoms with Gasteiger partial charge in [0.25, 0.3) is 0 Å². The van der Waals surface area contributed by atoms with Crippen molar-refractivity contribution in [3.8, 4) is 5.88 Å². The van der Waals surface area contributed by atoms with E-state index in [1.165, 1.54) is 0 Å². The highest BCUT2D eigenvalue weighted by Crippen LogP contribution is 2.29. The van der Waals surface area contributed by atoms with Crippen molar-refractivity contribution >= 4 is 28.3 Å². The summed E-state index contributed by atoms with van der Waals surface area (Å²) in [6.45, 7) is 0. The van der Waals surface area contributed by atoms with E-state index in [0.717, 1.165) is 0 Å². The molecular formula is C16H12N2O3. The Morgan fingerprint density at radius 1 is 1.00 bits per heavy atom. The lowest BCUT2D eigenvalue weighted by molar-refractivity contribution is -0.129. The highest BCUT2D eigenvalue weighted by Gasteiger charge is 2.22. The van der Waals surface area contributed by atoms with Crippen molar-refractivity contribution in [3.05, 3.63) is 60.2 Å². The van der Waals surface area contributed by atoms with Crippen LogP contribution in [-0.2, 0) is 4.79 Å². The molecule has 0 saturated heterocycles. The Bertz CT molecular complexity index is 835. The largest absolute Gasteiger partial charge is 0.494 e. The zero-order chi connectivity index (χ0) is 14.8. The minimum absolute atomic E-state index is 0.196. The molecule has 0 fully saturated rings. The number of aromatic amines is 1. The first-order chi connectivity index (χ1) is 10.2. The SMILES string of the molecule is O=C(O)C(=Nc1ccccc1)c1c(O)[nH]c2ccccc12. The Morgan fingerprint density at radius 2 is 1.67 bits per heavy atom. The summed E-state index contributed by atoms with van der Waals surface area (Å²) in [6, 6.07) is 15.9. The molecule has 0 aliphatic rings. The Labute approximate surface area is 120 Å². The molecular weight excluding hydrogens is 268 g/mol. The first kappa shape index (κ1) is 12.9. The number of aromatic hydroxyl groups is 1. The van der Waals surface area contributed by atoms with E-state index in [9.17, 15) is 15.0 Å². The Balaban J connectivity index is 2.24. The summed E-state index contributed by atoms with van der Waals surface area (Å²) < 4.78 is 0. The van der Waals surface area contributed by atoms with Crippen LogP contribution in [0.1, 0.15) is 5.56 Å². The van der Waals surface area contributed by atoms with E-state index in [1.807, 2.05) is 6.07 Å². The molecule has 0 saturated carbocycles. The summed E-state index contributed by atoms with van der Waals surface area (Å²) in [4.78, 5) is 18.5. The number of fused-ring (bicyclic) bond motifs is 1. The van der Waals surface area contributed by atoms with E-state index in [2.05, 4.69) is 9.98 Å². The van der Waals surface area contributed by atoms with E-state index >= 15 is 0 Å². The molecule has 3 rings (SSSR count). The normalized spacial score (nSPS) is 11.7. The average molecular weight is 280 g/mol. The fraction of sp³-hybridized carbons (Fsp3) is 0. The predicted molar refractivity (Wildman–Crippen MR) is 80.2 cm³/mol. The number of nitrogens with zero attached hydrogens (tertiary/aromatic N) is 1. The number of H-pyrrole nitrogens is 1. The maximum atomic E-state index is 11.5. The lowest BCUT2D eigenvalue weighted by Gasteiger charge is -2.02. The van der Waals surface area contributed by atoms with Gasteiger partial charge in [-0.3, -0.25) is 0 Å². The number of aliphatic imine (C=N–C) groups is 1. The van der Waals surface area contributed by atoms with Gasteiger partial charge in [-0.2, -0.15) is 0 Å². The number of aliphatic carboxylic acids is 1. The molecule has 104 valence electrons. The molecule has 2 aromatic carbocycles. The minimum atomic E-state index is -1.20. The number of para-hydroxylation sites is 2. The molecule has 0 spiro atoms.